The molecule has 2 aromatic heterocycles. The molecule has 3 aromatic rings. The van der Waals surface area contributed by atoms with Crippen LogP contribution in [-0.2, 0) is 6.54 Å². The third-order valence-electron chi connectivity index (χ3n) is 4.97. The topological polar surface area (TPSA) is 90.6 Å². The van der Waals surface area contributed by atoms with Crippen molar-refractivity contribution in [3.8, 4) is 0 Å². The van der Waals surface area contributed by atoms with E-state index >= 15 is 0 Å². The van der Waals surface area contributed by atoms with E-state index in [9.17, 15) is 0 Å². The molecule has 1 fully saturated rings. The van der Waals surface area contributed by atoms with Gasteiger partial charge < -0.3 is 20.9 Å². The Morgan fingerprint density at radius 2 is 2.00 bits per heavy atom. The lowest BCUT2D eigenvalue weighted by molar-refractivity contribution is 0.845. The summed E-state index contributed by atoms with van der Waals surface area (Å²) in [6.07, 6.45) is 9.24. The van der Waals surface area contributed by atoms with Crippen LogP contribution in [0.1, 0.15) is 44.2 Å². The van der Waals surface area contributed by atoms with Gasteiger partial charge in [0.25, 0.3) is 0 Å². The lowest BCUT2D eigenvalue weighted by Gasteiger charge is -2.11. The van der Waals surface area contributed by atoms with Gasteiger partial charge in [-0.15, -0.1) is 0 Å². The van der Waals surface area contributed by atoms with Crippen LogP contribution in [-0.4, -0.2) is 27.0 Å². The number of nitrogens with zero attached hydrogens (tertiary/aromatic N) is 3. The fourth-order valence-corrected chi connectivity index (χ4v) is 3.25. The van der Waals surface area contributed by atoms with Crippen molar-refractivity contribution in [2.75, 3.05) is 17.7 Å². The van der Waals surface area contributed by atoms with Crippen LogP contribution in [0.5, 0.6) is 0 Å². The Morgan fingerprint density at radius 3 is 2.71 bits per heavy atom. The molecule has 7 nitrogen and oxygen atoms in total. The first-order valence-electron chi connectivity index (χ1n) is 10.9. The van der Waals surface area contributed by atoms with Crippen molar-refractivity contribution >= 4 is 22.8 Å². The summed E-state index contributed by atoms with van der Waals surface area (Å²) in [6, 6.07) is 5.97. The molecule has 0 aliphatic heterocycles. The van der Waals surface area contributed by atoms with Crippen molar-refractivity contribution in [1.82, 2.24) is 25.3 Å². The number of nitrogens with one attached hydrogen (secondary N) is 4. The summed E-state index contributed by atoms with van der Waals surface area (Å²) in [5, 5.41) is 9.79. The molecule has 1 aliphatic carbocycles. The van der Waals surface area contributed by atoms with E-state index in [-0.39, 0.29) is 0 Å². The molecule has 0 bridgehead atoms. The molecule has 7 heteroatoms. The van der Waals surface area contributed by atoms with Crippen molar-refractivity contribution < 1.29 is 0 Å². The minimum Gasteiger partial charge on any atom is -0.391 e. The Kier molecular flexibility index (Phi) is 7.65. The number of H-pyrrole nitrogens is 1. The predicted molar refractivity (Wildman–Crippen MR) is 129 cm³/mol. The number of anilines is 2. The smallest absolute Gasteiger partial charge is 0.224 e. The molecule has 1 aromatic carbocycles. The summed E-state index contributed by atoms with van der Waals surface area (Å²) in [5.41, 5.74) is 6.38. The largest absolute Gasteiger partial charge is 0.391 e. The Labute approximate surface area is 184 Å². The van der Waals surface area contributed by atoms with Crippen molar-refractivity contribution in [1.29, 1.82) is 0 Å². The van der Waals surface area contributed by atoms with Gasteiger partial charge in [0.2, 0.25) is 5.95 Å². The Morgan fingerprint density at radius 1 is 1.23 bits per heavy atom. The molecule has 4 N–H and O–H groups in total. The average molecular weight is 420 g/mol. The Hall–Kier alpha value is -3.35. The van der Waals surface area contributed by atoms with Gasteiger partial charge in [-0.1, -0.05) is 32.9 Å². The van der Waals surface area contributed by atoms with Gasteiger partial charge in [-0.2, -0.15) is 4.98 Å². The molecule has 0 unspecified atom stereocenters. The number of imidazole rings is 1. The zero-order valence-electron chi connectivity index (χ0n) is 18.9. The zero-order chi connectivity index (χ0) is 22.2. The van der Waals surface area contributed by atoms with Gasteiger partial charge in [0, 0.05) is 31.2 Å². The van der Waals surface area contributed by atoms with Crippen molar-refractivity contribution in [2.24, 2.45) is 5.92 Å². The zero-order valence-corrected chi connectivity index (χ0v) is 18.9. The van der Waals surface area contributed by atoms with E-state index in [1.54, 1.807) is 12.5 Å². The van der Waals surface area contributed by atoms with E-state index in [2.05, 4.69) is 75.4 Å². The number of hydrogen-bond donors (Lipinski definition) is 4. The van der Waals surface area contributed by atoms with E-state index in [0.29, 0.717) is 24.2 Å². The summed E-state index contributed by atoms with van der Waals surface area (Å²) < 4.78 is 0. The maximum atomic E-state index is 4.54. The highest BCUT2D eigenvalue weighted by molar-refractivity contribution is 5.79. The van der Waals surface area contributed by atoms with Crippen molar-refractivity contribution in [2.45, 2.75) is 46.6 Å². The second-order valence-electron chi connectivity index (χ2n) is 7.75. The number of aromatic amines is 1. The van der Waals surface area contributed by atoms with Gasteiger partial charge in [0.1, 0.15) is 5.82 Å². The maximum Gasteiger partial charge on any atom is 0.224 e. The third-order valence-corrected chi connectivity index (χ3v) is 4.97. The second kappa shape index (κ2) is 10.6. The number of hydrogen-bond acceptors (Lipinski definition) is 6. The third kappa shape index (κ3) is 6.07. The highest BCUT2D eigenvalue weighted by atomic mass is 15.1. The number of aromatic nitrogens is 4. The van der Waals surface area contributed by atoms with Crippen LogP contribution in [0.2, 0.25) is 0 Å². The number of allylic oxidation sites excluding steroid dienone is 2. The van der Waals surface area contributed by atoms with E-state index < -0.39 is 0 Å². The molecule has 4 rings (SSSR count). The molecule has 31 heavy (non-hydrogen) atoms. The van der Waals surface area contributed by atoms with Crippen molar-refractivity contribution in [3.63, 3.8) is 0 Å². The lowest BCUT2D eigenvalue weighted by atomic mass is 10.1. The monoisotopic (exact) mass is 419 g/mol. The van der Waals surface area contributed by atoms with Crippen LogP contribution in [0.3, 0.4) is 0 Å². The van der Waals surface area contributed by atoms with Gasteiger partial charge in [-0.05, 0) is 55.0 Å². The molecule has 0 atom stereocenters. The first-order chi connectivity index (χ1) is 15.0. The Balaban J connectivity index is 0.000000858. The van der Waals surface area contributed by atoms with Gasteiger partial charge >= 0.3 is 0 Å². The molecule has 1 aliphatic rings. The highest BCUT2D eigenvalue weighted by Crippen LogP contribution is 2.35. The van der Waals surface area contributed by atoms with Crippen LogP contribution in [0, 0.1) is 12.8 Å². The quantitative estimate of drug-likeness (QED) is 0.379. The number of aryl methyl sites for hydroxylation is 1. The van der Waals surface area contributed by atoms with Gasteiger partial charge in [-0.3, -0.25) is 0 Å². The summed E-state index contributed by atoms with van der Waals surface area (Å²) >= 11 is 0. The van der Waals surface area contributed by atoms with Crippen molar-refractivity contribution in [3.05, 3.63) is 65.9 Å². The molecule has 0 amide bonds. The molecular formula is C24H33N7. The molecule has 1 saturated carbocycles. The number of rotatable bonds is 8. The number of benzene rings is 1. The molecule has 2 heterocycles. The maximum absolute atomic E-state index is 4.54. The SMILES string of the molecule is C=C(/C=C(\NC)C1CC1)Nc1ccnc(NCc2ccc3[nH]cnc3c2C)n1.CCC. The van der Waals surface area contributed by atoms with Crippen LogP contribution < -0.4 is 16.0 Å². The van der Waals surface area contributed by atoms with Crippen LogP contribution in [0.15, 0.2) is 54.8 Å². The first kappa shape index (κ1) is 22.3. The normalized spacial score (nSPS) is 13.4. The van der Waals surface area contributed by atoms with E-state index in [0.717, 1.165) is 27.9 Å². The minimum atomic E-state index is 0.569. The standard InChI is InChI=1S/C21H25N7.C3H8/c1-13(10-18(22-3)15-4-5-15)27-19-8-9-23-21(28-19)24-11-16-6-7-17-20(14(16)2)26-12-25-17;1-3-2/h6-10,12,15,22H,1,4-5,11H2,2-3H3,(H,25,26)(H2,23,24,27,28);3H2,1-2H3/b18-10-;. The molecule has 164 valence electrons. The van der Waals surface area contributed by atoms with E-state index in [1.165, 1.54) is 25.0 Å². The van der Waals surface area contributed by atoms with Gasteiger partial charge in [-0.25, -0.2) is 9.97 Å². The molecule has 0 saturated heterocycles. The first-order valence-corrected chi connectivity index (χ1v) is 10.9. The molecule has 0 radical (unpaired) electrons. The summed E-state index contributed by atoms with van der Waals surface area (Å²) in [5.74, 6) is 1.92. The number of fused-ring (bicyclic) bond motifs is 1. The fourth-order valence-electron chi connectivity index (χ4n) is 3.25. The predicted octanol–water partition coefficient (Wildman–Crippen LogP) is 5.13. The van der Waals surface area contributed by atoms with E-state index in [4.69, 9.17) is 0 Å². The van der Waals surface area contributed by atoms with Crippen LogP contribution >= 0.6 is 0 Å². The minimum absolute atomic E-state index is 0.569. The van der Waals surface area contributed by atoms with Crippen LogP contribution in [0.4, 0.5) is 11.8 Å². The highest BCUT2D eigenvalue weighted by Gasteiger charge is 2.25. The van der Waals surface area contributed by atoms with Gasteiger partial charge in [0.15, 0.2) is 0 Å². The summed E-state index contributed by atoms with van der Waals surface area (Å²) in [4.78, 5) is 16.4. The van der Waals surface area contributed by atoms with Crippen LogP contribution in [0.25, 0.3) is 11.0 Å². The van der Waals surface area contributed by atoms with E-state index in [1.807, 2.05) is 19.2 Å². The Bertz CT molecular complexity index is 1050. The average Bonchev–Trinajstić information content (AvgIpc) is 3.49. The fraction of sp³-hybridized carbons (Fsp3) is 0.375. The lowest BCUT2D eigenvalue weighted by Crippen LogP contribution is -2.10. The molecular weight excluding hydrogens is 386 g/mol. The van der Waals surface area contributed by atoms with Gasteiger partial charge in [0.05, 0.1) is 17.4 Å². The summed E-state index contributed by atoms with van der Waals surface area (Å²) in [6.45, 7) is 11.0. The second-order valence-corrected chi connectivity index (χ2v) is 7.75. The summed E-state index contributed by atoms with van der Waals surface area (Å²) in [7, 11) is 1.95. The molecule has 0 spiro atoms.